The van der Waals surface area contributed by atoms with Crippen molar-refractivity contribution in [3.8, 4) is 0 Å². The number of aryl methyl sites for hydroxylation is 1. The maximum absolute atomic E-state index is 11.4. The van der Waals surface area contributed by atoms with Crippen LogP contribution >= 0.6 is 0 Å². The van der Waals surface area contributed by atoms with Crippen molar-refractivity contribution >= 4 is 5.78 Å². The number of ketones is 1. The van der Waals surface area contributed by atoms with E-state index in [1.54, 1.807) is 6.92 Å². The predicted molar refractivity (Wildman–Crippen MR) is 51.3 cm³/mol. The third-order valence-electron chi connectivity index (χ3n) is 2.38. The number of carbonyl (C=O) groups excluding carboxylic acids is 1. The summed E-state index contributed by atoms with van der Waals surface area (Å²) in [5.41, 5.74) is 2.59. The summed E-state index contributed by atoms with van der Waals surface area (Å²) < 4.78 is 0. The zero-order chi connectivity index (χ0) is 10.2. The maximum Gasteiger partial charge on any atom is 0.259 e. The normalized spacial score (nSPS) is 10.2. The molecule has 1 aromatic rings. The molecule has 0 unspecified atom stereocenters. The standard InChI is InChI=1S/C10H13NO2/c1-5-6(2)9(8(4)12)10(13)11-7(5)3/h1-4H3,(H,11,13). The van der Waals surface area contributed by atoms with Crippen LogP contribution in [0, 0.1) is 20.8 Å². The van der Waals surface area contributed by atoms with Crippen LogP contribution in [-0.4, -0.2) is 10.8 Å². The van der Waals surface area contributed by atoms with Gasteiger partial charge in [-0.15, -0.1) is 0 Å². The molecule has 0 bridgehead atoms. The van der Waals surface area contributed by atoms with E-state index in [0.717, 1.165) is 16.8 Å². The van der Waals surface area contributed by atoms with Crippen LogP contribution in [0.3, 0.4) is 0 Å². The van der Waals surface area contributed by atoms with Gasteiger partial charge in [-0.25, -0.2) is 0 Å². The first-order valence-corrected chi connectivity index (χ1v) is 4.16. The quantitative estimate of drug-likeness (QED) is 0.664. The number of carbonyl (C=O) groups is 1. The zero-order valence-corrected chi connectivity index (χ0v) is 8.32. The van der Waals surface area contributed by atoms with Crippen LogP contribution in [0.2, 0.25) is 0 Å². The van der Waals surface area contributed by atoms with Crippen molar-refractivity contribution < 1.29 is 4.79 Å². The van der Waals surface area contributed by atoms with E-state index in [4.69, 9.17) is 0 Å². The number of nitrogens with one attached hydrogen (secondary N) is 1. The van der Waals surface area contributed by atoms with Gasteiger partial charge in [0, 0.05) is 5.69 Å². The lowest BCUT2D eigenvalue weighted by molar-refractivity contribution is 0.101. The fourth-order valence-corrected chi connectivity index (χ4v) is 1.39. The average molecular weight is 179 g/mol. The highest BCUT2D eigenvalue weighted by atomic mass is 16.1. The van der Waals surface area contributed by atoms with Crippen LogP contribution in [0.25, 0.3) is 0 Å². The molecule has 0 aliphatic heterocycles. The molecule has 1 heterocycles. The van der Waals surface area contributed by atoms with Gasteiger partial charge in [0.25, 0.3) is 5.56 Å². The number of hydrogen-bond donors (Lipinski definition) is 1. The molecule has 13 heavy (non-hydrogen) atoms. The minimum Gasteiger partial charge on any atom is -0.326 e. The Morgan fingerprint density at radius 1 is 1.15 bits per heavy atom. The van der Waals surface area contributed by atoms with Crippen LogP contribution in [0.5, 0.6) is 0 Å². The molecule has 0 radical (unpaired) electrons. The highest BCUT2D eigenvalue weighted by Gasteiger charge is 2.12. The molecule has 0 aromatic carbocycles. The highest BCUT2D eigenvalue weighted by molar-refractivity contribution is 5.95. The summed E-state index contributed by atoms with van der Waals surface area (Å²) in [4.78, 5) is 25.2. The van der Waals surface area contributed by atoms with Gasteiger partial charge in [0.15, 0.2) is 5.78 Å². The Balaban J connectivity index is 3.63. The van der Waals surface area contributed by atoms with E-state index in [0.29, 0.717) is 0 Å². The third-order valence-corrected chi connectivity index (χ3v) is 2.38. The Labute approximate surface area is 76.8 Å². The molecular weight excluding hydrogens is 166 g/mol. The van der Waals surface area contributed by atoms with Gasteiger partial charge in [0.05, 0.1) is 5.56 Å². The number of hydrogen-bond acceptors (Lipinski definition) is 2. The van der Waals surface area contributed by atoms with E-state index in [2.05, 4.69) is 4.98 Å². The number of pyridine rings is 1. The lowest BCUT2D eigenvalue weighted by Crippen LogP contribution is -2.20. The van der Waals surface area contributed by atoms with Crippen molar-refractivity contribution in [1.82, 2.24) is 4.98 Å². The summed E-state index contributed by atoms with van der Waals surface area (Å²) in [7, 11) is 0. The van der Waals surface area contributed by atoms with E-state index in [-0.39, 0.29) is 16.9 Å². The van der Waals surface area contributed by atoms with Gasteiger partial charge in [-0.1, -0.05) is 0 Å². The van der Waals surface area contributed by atoms with E-state index in [9.17, 15) is 9.59 Å². The molecule has 0 atom stereocenters. The van der Waals surface area contributed by atoms with Gasteiger partial charge < -0.3 is 4.98 Å². The molecule has 0 spiro atoms. The van der Waals surface area contributed by atoms with Crippen LogP contribution in [0.15, 0.2) is 4.79 Å². The zero-order valence-electron chi connectivity index (χ0n) is 8.32. The van der Waals surface area contributed by atoms with Gasteiger partial charge in [-0.3, -0.25) is 9.59 Å². The van der Waals surface area contributed by atoms with Crippen LogP contribution < -0.4 is 5.56 Å². The van der Waals surface area contributed by atoms with Crippen LogP contribution in [0.4, 0.5) is 0 Å². The SMILES string of the molecule is CC(=O)c1c(C)c(C)c(C)[nH]c1=O. The smallest absolute Gasteiger partial charge is 0.259 e. The van der Waals surface area contributed by atoms with E-state index >= 15 is 0 Å². The minimum atomic E-state index is -0.284. The summed E-state index contributed by atoms with van der Waals surface area (Å²) in [5, 5.41) is 0. The lowest BCUT2D eigenvalue weighted by Gasteiger charge is -2.07. The molecule has 1 N–H and O–H groups in total. The van der Waals surface area contributed by atoms with Gasteiger partial charge in [-0.05, 0) is 38.8 Å². The molecule has 0 aliphatic rings. The Morgan fingerprint density at radius 3 is 2.15 bits per heavy atom. The first-order valence-electron chi connectivity index (χ1n) is 4.16. The molecule has 0 amide bonds. The van der Waals surface area contributed by atoms with Gasteiger partial charge in [0.2, 0.25) is 0 Å². The second kappa shape index (κ2) is 3.17. The number of rotatable bonds is 1. The fraction of sp³-hybridized carbons (Fsp3) is 0.400. The Kier molecular flexibility index (Phi) is 2.36. The number of aromatic amines is 1. The Bertz CT molecular complexity index is 416. The molecule has 1 rings (SSSR count). The monoisotopic (exact) mass is 179 g/mol. The molecule has 0 aliphatic carbocycles. The third kappa shape index (κ3) is 1.54. The molecule has 1 aromatic heterocycles. The van der Waals surface area contributed by atoms with Gasteiger partial charge >= 0.3 is 0 Å². The summed E-state index contributed by atoms with van der Waals surface area (Å²) in [6, 6.07) is 0. The molecule has 0 saturated heterocycles. The summed E-state index contributed by atoms with van der Waals surface area (Å²) in [5.74, 6) is -0.179. The molecule has 3 heteroatoms. The molecule has 70 valence electrons. The molecule has 0 fully saturated rings. The first-order chi connectivity index (χ1) is 5.95. The second-order valence-corrected chi connectivity index (χ2v) is 3.26. The summed E-state index contributed by atoms with van der Waals surface area (Å²) in [6.45, 7) is 6.93. The number of H-pyrrole nitrogens is 1. The second-order valence-electron chi connectivity index (χ2n) is 3.26. The fourth-order valence-electron chi connectivity index (χ4n) is 1.39. The largest absolute Gasteiger partial charge is 0.326 e. The topological polar surface area (TPSA) is 49.9 Å². The van der Waals surface area contributed by atoms with Crippen molar-refractivity contribution in [2.45, 2.75) is 27.7 Å². The number of Topliss-reactive ketones (excluding diaryl/α,β-unsaturated/α-hetero) is 1. The Hall–Kier alpha value is -1.38. The van der Waals surface area contributed by atoms with Crippen molar-refractivity contribution in [2.24, 2.45) is 0 Å². The van der Waals surface area contributed by atoms with E-state index < -0.39 is 0 Å². The van der Waals surface area contributed by atoms with Gasteiger partial charge in [-0.2, -0.15) is 0 Å². The van der Waals surface area contributed by atoms with Crippen LogP contribution in [-0.2, 0) is 0 Å². The van der Waals surface area contributed by atoms with Crippen LogP contribution in [0.1, 0.15) is 34.1 Å². The number of aromatic nitrogens is 1. The highest BCUT2D eigenvalue weighted by Crippen LogP contribution is 2.11. The van der Waals surface area contributed by atoms with Crippen molar-refractivity contribution in [3.05, 3.63) is 32.7 Å². The minimum absolute atomic E-state index is 0.179. The lowest BCUT2D eigenvalue weighted by atomic mass is 10.0. The van der Waals surface area contributed by atoms with Gasteiger partial charge in [0.1, 0.15) is 0 Å². The van der Waals surface area contributed by atoms with E-state index in [1.807, 2.05) is 13.8 Å². The summed E-state index contributed by atoms with van der Waals surface area (Å²) >= 11 is 0. The molecule has 3 nitrogen and oxygen atoms in total. The molecular formula is C10H13NO2. The predicted octanol–water partition coefficient (Wildman–Crippen LogP) is 1.50. The van der Waals surface area contributed by atoms with E-state index in [1.165, 1.54) is 6.92 Å². The molecule has 0 saturated carbocycles. The summed E-state index contributed by atoms with van der Waals surface area (Å²) in [6.07, 6.45) is 0. The average Bonchev–Trinajstić information content (AvgIpc) is 1.99. The van der Waals surface area contributed by atoms with Crippen molar-refractivity contribution in [1.29, 1.82) is 0 Å². The first kappa shape index (κ1) is 9.71. The van der Waals surface area contributed by atoms with Crippen molar-refractivity contribution in [3.63, 3.8) is 0 Å². The van der Waals surface area contributed by atoms with Crippen molar-refractivity contribution in [2.75, 3.05) is 0 Å². The Morgan fingerprint density at radius 2 is 1.69 bits per heavy atom. The maximum atomic E-state index is 11.4.